The van der Waals surface area contributed by atoms with E-state index in [-0.39, 0.29) is 12.4 Å². The van der Waals surface area contributed by atoms with Gasteiger partial charge in [0.1, 0.15) is 24.1 Å². The second kappa shape index (κ2) is 9.50. The first-order chi connectivity index (χ1) is 11.7. The minimum atomic E-state index is -0.729. The fourth-order valence-electron chi connectivity index (χ4n) is 2.31. The molecule has 0 aliphatic carbocycles. The number of rotatable bonds is 9. The number of ether oxygens (including phenoxy) is 2. The molecular weight excluding hydrogens is 304 g/mol. The molecule has 0 saturated heterocycles. The molecule has 0 amide bonds. The number of para-hydroxylation sites is 1. The molecule has 2 aromatic rings. The van der Waals surface area contributed by atoms with Gasteiger partial charge in [0.05, 0.1) is 6.61 Å². The molecule has 4 nitrogen and oxygen atoms in total. The summed E-state index contributed by atoms with van der Waals surface area (Å²) in [6.07, 6.45) is 1.04. The first-order valence-electron chi connectivity index (χ1n) is 8.05. The molecule has 4 heteroatoms. The van der Waals surface area contributed by atoms with Crippen LogP contribution in [0.4, 0.5) is 0 Å². The summed E-state index contributed by atoms with van der Waals surface area (Å²) in [5, 5.41) is 0. The molecule has 0 radical (unpaired) electrons. The number of esters is 1. The van der Waals surface area contributed by atoms with Crippen molar-refractivity contribution in [2.75, 3.05) is 6.61 Å². The second-order valence-corrected chi connectivity index (χ2v) is 5.56. The molecule has 0 saturated carbocycles. The van der Waals surface area contributed by atoms with E-state index in [1.54, 1.807) is 0 Å². The van der Waals surface area contributed by atoms with Gasteiger partial charge in [-0.3, -0.25) is 9.59 Å². The van der Waals surface area contributed by atoms with Crippen molar-refractivity contribution in [3.8, 4) is 5.75 Å². The lowest BCUT2D eigenvalue weighted by atomic mass is 9.99. The largest absolute Gasteiger partial charge is 0.494 e. The minimum Gasteiger partial charge on any atom is -0.494 e. The van der Waals surface area contributed by atoms with E-state index in [0.29, 0.717) is 19.4 Å². The molecule has 0 bridgehead atoms. The summed E-state index contributed by atoms with van der Waals surface area (Å²) in [6, 6.07) is 18.9. The highest BCUT2D eigenvalue weighted by molar-refractivity contribution is 5.97. The van der Waals surface area contributed by atoms with Gasteiger partial charge in [-0.2, -0.15) is 0 Å². The first-order valence-corrected chi connectivity index (χ1v) is 8.05. The lowest BCUT2D eigenvalue weighted by Gasteiger charge is -2.13. The van der Waals surface area contributed by atoms with Gasteiger partial charge in [0, 0.05) is 0 Å². The van der Waals surface area contributed by atoms with Crippen LogP contribution in [-0.4, -0.2) is 18.4 Å². The van der Waals surface area contributed by atoms with E-state index >= 15 is 0 Å². The number of carbonyl (C=O) groups excluding carboxylic acids is 2. The average Bonchev–Trinajstić information content (AvgIpc) is 2.61. The number of carbonyl (C=O) groups is 2. The summed E-state index contributed by atoms with van der Waals surface area (Å²) in [5.41, 5.74) is 0.903. The third-order valence-electron chi connectivity index (χ3n) is 3.65. The smallest absolute Gasteiger partial charge is 0.316 e. The predicted octanol–water partition coefficient (Wildman–Crippen LogP) is 3.79. The molecule has 24 heavy (non-hydrogen) atoms. The summed E-state index contributed by atoms with van der Waals surface area (Å²) in [5.74, 6) is -0.588. The van der Waals surface area contributed by atoms with Crippen molar-refractivity contribution in [3.63, 3.8) is 0 Å². The van der Waals surface area contributed by atoms with E-state index in [2.05, 4.69) is 0 Å². The fourth-order valence-corrected chi connectivity index (χ4v) is 2.31. The van der Waals surface area contributed by atoms with Crippen molar-refractivity contribution in [2.24, 2.45) is 5.92 Å². The molecule has 1 unspecified atom stereocenters. The maximum atomic E-state index is 12.1. The van der Waals surface area contributed by atoms with Gasteiger partial charge < -0.3 is 9.47 Å². The van der Waals surface area contributed by atoms with Crippen LogP contribution in [0.3, 0.4) is 0 Å². The number of benzene rings is 2. The van der Waals surface area contributed by atoms with E-state index in [9.17, 15) is 9.59 Å². The van der Waals surface area contributed by atoms with E-state index in [4.69, 9.17) is 9.47 Å². The van der Waals surface area contributed by atoms with Crippen LogP contribution in [0.25, 0.3) is 0 Å². The third-order valence-corrected chi connectivity index (χ3v) is 3.65. The molecule has 0 heterocycles. The van der Waals surface area contributed by atoms with Crippen LogP contribution in [-0.2, 0) is 20.9 Å². The van der Waals surface area contributed by atoms with Crippen molar-refractivity contribution in [1.82, 2.24) is 0 Å². The van der Waals surface area contributed by atoms with Crippen molar-refractivity contribution >= 4 is 11.8 Å². The molecule has 0 aliphatic rings. The maximum Gasteiger partial charge on any atom is 0.316 e. The van der Waals surface area contributed by atoms with Gasteiger partial charge in [0.15, 0.2) is 0 Å². The van der Waals surface area contributed by atoms with E-state index in [1.807, 2.05) is 60.7 Å². The highest BCUT2D eigenvalue weighted by atomic mass is 16.5. The van der Waals surface area contributed by atoms with Crippen LogP contribution in [0.1, 0.15) is 25.3 Å². The van der Waals surface area contributed by atoms with E-state index in [0.717, 1.165) is 11.3 Å². The highest BCUT2D eigenvalue weighted by Crippen LogP contribution is 2.14. The van der Waals surface area contributed by atoms with Gasteiger partial charge in [-0.05, 0) is 37.5 Å². The number of hydrogen-bond acceptors (Lipinski definition) is 4. The third kappa shape index (κ3) is 5.88. The summed E-state index contributed by atoms with van der Waals surface area (Å²) in [4.78, 5) is 23.9. The number of hydrogen-bond donors (Lipinski definition) is 0. The van der Waals surface area contributed by atoms with Crippen LogP contribution in [0, 0.1) is 5.92 Å². The Morgan fingerprint density at radius 3 is 2.21 bits per heavy atom. The second-order valence-electron chi connectivity index (χ2n) is 5.56. The van der Waals surface area contributed by atoms with Gasteiger partial charge in [0.2, 0.25) is 0 Å². The van der Waals surface area contributed by atoms with Gasteiger partial charge in [-0.1, -0.05) is 48.5 Å². The molecule has 0 spiro atoms. The normalized spacial score (nSPS) is 11.5. The summed E-state index contributed by atoms with van der Waals surface area (Å²) in [7, 11) is 0. The van der Waals surface area contributed by atoms with Crippen LogP contribution >= 0.6 is 0 Å². The van der Waals surface area contributed by atoms with E-state index < -0.39 is 11.9 Å². The quantitative estimate of drug-likeness (QED) is 0.400. The van der Waals surface area contributed by atoms with Gasteiger partial charge in [0.25, 0.3) is 0 Å². The Morgan fingerprint density at radius 2 is 1.58 bits per heavy atom. The molecule has 0 fully saturated rings. The van der Waals surface area contributed by atoms with Crippen molar-refractivity contribution in [3.05, 3.63) is 66.2 Å². The molecule has 1 atom stereocenters. The van der Waals surface area contributed by atoms with Crippen LogP contribution in [0.2, 0.25) is 0 Å². The van der Waals surface area contributed by atoms with Crippen LogP contribution in [0.5, 0.6) is 5.75 Å². The Morgan fingerprint density at radius 1 is 0.958 bits per heavy atom. The zero-order valence-electron chi connectivity index (χ0n) is 13.8. The summed E-state index contributed by atoms with van der Waals surface area (Å²) >= 11 is 0. The SMILES string of the molecule is CC(=O)C(CCCOc1ccccc1)C(=O)OCc1ccccc1. The van der Waals surface area contributed by atoms with Gasteiger partial charge >= 0.3 is 5.97 Å². The lowest BCUT2D eigenvalue weighted by molar-refractivity contribution is -0.153. The predicted molar refractivity (Wildman–Crippen MR) is 91.6 cm³/mol. The molecule has 0 N–H and O–H groups in total. The van der Waals surface area contributed by atoms with Gasteiger partial charge in [-0.25, -0.2) is 0 Å². The van der Waals surface area contributed by atoms with Gasteiger partial charge in [-0.15, -0.1) is 0 Å². The lowest BCUT2D eigenvalue weighted by Crippen LogP contribution is -2.24. The average molecular weight is 326 g/mol. The molecule has 0 aliphatic heterocycles. The van der Waals surface area contributed by atoms with Crippen molar-refractivity contribution < 1.29 is 19.1 Å². The standard InChI is InChI=1S/C20H22O4/c1-16(21)19(13-8-14-23-18-11-6-3-7-12-18)20(22)24-15-17-9-4-2-5-10-17/h2-7,9-12,19H,8,13-15H2,1H3. The molecule has 126 valence electrons. The molecular formula is C20H22O4. The minimum absolute atomic E-state index is 0.173. The monoisotopic (exact) mass is 326 g/mol. The zero-order chi connectivity index (χ0) is 17.2. The van der Waals surface area contributed by atoms with Crippen LogP contribution < -0.4 is 4.74 Å². The zero-order valence-corrected chi connectivity index (χ0v) is 13.8. The number of Topliss-reactive ketones (excluding diaryl/α,β-unsaturated/α-hetero) is 1. The molecule has 2 aromatic carbocycles. The Kier molecular flexibility index (Phi) is 7.02. The Hall–Kier alpha value is -2.62. The Balaban J connectivity index is 1.76. The first kappa shape index (κ1) is 17.7. The summed E-state index contributed by atoms with van der Waals surface area (Å²) < 4.78 is 10.8. The summed E-state index contributed by atoms with van der Waals surface area (Å²) in [6.45, 7) is 2.07. The Bertz CT molecular complexity index is 637. The van der Waals surface area contributed by atoms with Crippen molar-refractivity contribution in [1.29, 1.82) is 0 Å². The fraction of sp³-hybridized carbons (Fsp3) is 0.300. The Labute approximate surface area is 142 Å². The highest BCUT2D eigenvalue weighted by Gasteiger charge is 2.24. The topological polar surface area (TPSA) is 52.6 Å². The molecule has 2 rings (SSSR count). The maximum absolute atomic E-state index is 12.1. The van der Waals surface area contributed by atoms with E-state index in [1.165, 1.54) is 6.92 Å². The van der Waals surface area contributed by atoms with Crippen molar-refractivity contribution in [2.45, 2.75) is 26.4 Å². The molecule has 0 aromatic heterocycles. The van der Waals surface area contributed by atoms with Crippen LogP contribution in [0.15, 0.2) is 60.7 Å². The number of ketones is 1.